The molecule has 0 spiro atoms. The number of aromatic amines is 2. The lowest BCUT2D eigenvalue weighted by molar-refractivity contribution is -0.137. The van der Waals surface area contributed by atoms with Crippen molar-refractivity contribution in [1.29, 1.82) is 0 Å². The maximum Gasteiger partial charge on any atom is 0.240 e. The van der Waals surface area contributed by atoms with E-state index in [2.05, 4.69) is 133 Å². The SMILES string of the molecule is CCC(CC(C)C(CCCSC)c1nc(-c2ccc(-c3cc4ccc3CCC3C=C(c5c[nH]c(C6C(C)CC(CC)N6C(=O)C(CCSC)NC)n5)C(=CC3)CC4)cc2)c[nH]1)NC=O. The lowest BCUT2D eigenvalue weighted by Crippen LogP contribution is -2.48. The Balaban J connectivity index is 1.07. The van der Waals surface area contributed by atoms with Gasteiger partial charge in [0.25, 0.3) is 0 Å². The average molecular weight is 904 g/mol. The summed E-state index contributed by atoms with van der Waals surface area (Å²) < 4.78 is 0. The number of amides is 2. The van der Waals surface area contributed by atoms with E-state index in [4.69, 9.17) is 9.97 Å². The van der Waals surface area contributed by atoms with Crippen LogP contribution in [0.25, 0.3) is 28.0 Å². The van der Waals surface area contributed by atoms with Gasteiger partial charge >= 0.3 is 0 Å². The molecule has 2 amide bonds. The number of nitrogens with one attached hydrogen (secondary N) is 4. The van der Waals surface area contributed by atoms with Gasteiger partial charge in [0.05, 0.1) is 23.5 Å². The number of imidazole rings is 2. The number of aryl methyl sites for hydroxylation is 2. The van der Waals surface area contributed by atoms with E-state index in [1.54, 1.807) is 11.8 Å². The van der Waals surface area contributed by atoms with Gasteiger partial charge in [0, 0.05) is 41.5 Å². The molecule has 8 atom stereocenters. The maximum atomic E-state index is 14.1. The quantitative estimate of drug-likeness (QED) is 0.0486. The number of rotatable bonds is 21. The zero-order chi connectivity index (χ0) is 45.2. The third-order valence-corrected chi connectivity index (χ3v) is 15.9. The van der Waals surface area contributed by atoms with Crippen LogP contribution in [0.2, 0.25) is 0 Å². The van der Waals surface area contributed by atoms with Gasteiger partial charge in [-0.15, -0.1) is 0 Å². The summed E-state index contributed by atoms with van der Waals surface area (Å²) in [5.74, 6) is 5.68. The Labute approximate surface area is 391 Å². The number of likely N-dealkylation sites (N-methyl/N-ethyl adjacent to an activating group) is 1. The van der Waals surface area contributed by atoms with Crippen molar-refractivity contribution in [1.82, 2.24) is 35.5 Å². The number of carbonyl (C=O) groups is 2. The Hall–Kier alpha value is -4.06. The fourth-order valence-electron chi connectivity index (χ4n) is 10.8. The molecule has 5 aliphatic carbocycles. The number of aromatic nitrogens is 4. The van der Waals surface area contributed by atoms with Crippen molar-refractivity contribution in [3.05, 3.63) is 101 Å². The zero-order valence-electron chi connectivity index (χ0n) is 39.4. The third-order valence-electron chi connectivity index (χ3n) is 14.5. The number of carbonyl (C=O) groups excluding carboxylic acids is 2. The van der Waals surface area contributed by atoms with E-state index in [0.717, 1.165) is 124 Å². The topological polar surface area (TPSA) is 119 Å². The van der Waals surface area contributed by atoms with E-state index in [1.165, 1.54) is 33.4 Å². The van der Waals surface area contributed by atoms with E-state index in [0.29, 0.717) is 23.7 Å². The molecule has 344 valence electrons. The second-order valence-electron chi connectivity index (χ2n) is 18.7. The minimum atomic E-state index is -0.186. The van der Waals surface area contributed by atoms with E-state index in [-0.39, 0.29) is 30.1 Å². The molecule has 0 saturated carbocycles. The van der Waals surface area contributed by atoms with Crippen LogP contribution in [0.3, 0.4) is 0 Å². The third kappa shape index (κ3) is 11.1. The fraction of sp³-hybridized carbons (Fsp3) is 0.547. The minimum absolute atomic E-state index is 0.0605. The number of benzene rings is 2. The predicted octanol–water partition coefficient (Wildman–Crippen LogP) is 11.2. The van der Waals surface area contributed by atoms with Crippen LogP contribution in [0.4, 0.5) is 0 Å². The summed E-state index contributed by atoms with van der Waals surface area (Å²) in [4.78, 5) is 45.3. The largest absolute Gasteiger partial charge is 0.356 e. The van der Waals surface area contributed by atoms with Gasteiger partial charge in [0.2, 0.25) is 12.3 Å². The molecule has 1 saturated heterocycles. The molecule has 10 rings (SSSR count). The predicted molar refractivity (Wildman–Crippen MR) is 270 cm³/mol. The van der Waals surface area contributed by atoms with Crippen LogP contribution < -0.4 is 10.6 Å². The first kappa shape index (κ1) is 47.9. The molecule has 4 N–H and O–H groups in total. The highest BCUT2D eigenvalue weighted by Crippen LogP contribution is 2.43. The van der Waals surface area contributed by atoms with E-state index in [1.807, 2.05) is 18.8 Å². The summed E-state index contributed by atoms with van der Waals surface area (Å²) in [6.45, 7) is 8.94. The summed E-state index contributed by atoms with van der Waals surface area (Å²) in [5, 5.41) is 6.35. The first-order chi connectivity index (χ1) is 31.2. The van der Waals surface area contributed by atoms with Crippen LogP contribution in [0.5, 0.6) is 0 Å². The first-order valence-corrected chi connectivity index (χ1v) is 26.9. The number of H-pyrrole nitrogens is 2. The van der Waals surface area contributed by atoms with Gasteiger partial charge in [-0.1, -0.05) is 82.3 Å². The molecule has 8 unspecified atom stereocenters. The highest BCUT2D eigenvalue weighted by molar-refractivity contribution is 7.98. The highest BCUT2D eigenvalue weighted by atomic mass is 32.2. The van der Waals surface area contributed by atoms with Crippen molar-refractivity contribution in [3.63, 3.8) is 0 Å². The van der Waals surface area contributed by atoms with Crippen molar-refractivity contribution in [2.75, 3.05) is 31.1 Å². The van der Waals surface area contributed by atoms with E-state index < -0.39 is 0 Å². The monoisotopic (exact) mass is 904 g/mol. The van der Waals surface area contributed by atoms with Crippen molar-refractivity contribution in [2.24, 2.45) is 17.8 Å². The number of thioether (sulfide) groups is 2. The van der Waals surface area contributed by atoms with Gasteiger partial charge in [0.15, 0.2) is 0 Å². The molecule has 2 aromatic heterocycles. The fourth-order valence-corrected chi connectivity index (χ4v) is 11.7. The molecule has 6 aliphatic rings. The molecular weight excluding hydrogens is 831 g/mol. The summed E-state index contributed by atoms with van der Waals surface area (Å²) in [6.07, 6.45) is 26.1. The first-order valence-electron chi connectivity index (χ1n) is 24.1. The number of hydrogen-bond donors (Lipinski definition) is 4. The van der Waals surface area contributed by atoms with Crippen LogP contribution in [-0.2, 0) is 22.4 Å². The van der Waals surface area contributed by atoms with Gasteiger partial charge in [-0.25, -0.2) is 9.97 Å². The standard InChI is InChI=1S/C53H73N7O2S2/c1-8-42(57-33-61)27-34(3)44(11-10-25-63-6)51-55-31-48(58-51)41-22-20-39(21-23-41)45-29-36-12-16-38(45)17-13-37-15-19-40(18-14-36)46(30-37)49-32-56-52(59-49)50-35(4)28-43(9-2)60(50)53(62)47(54-5)24-26-64-7/h12,16,19-23,29-35,37,42-44,47,50,54H,8-11,13-15,17-18,24-28H2,1-7H3,(H,55,58)(H,56,59)(H,57,61). The van der Waals surface area contributed by atoms with Crippen LogP contribution in [0.1, 0.15) is 132 Å². The number of likely N-dealkylation sites (tertiary alicyclic amines) is 1. The molecule has 3 heterocycles. The van der Waals surface area contributed by atoms with Gasteiger partial charge in [-0.2, -0.15) is 23.5 Å². The number of hydrogen-bond acceptors (Lipinski definition) is 7. The van der Waals surface area contributed by atoms with E-state index in [9.17, 15) is 9.59 Å². The minimum Gasteiger partial charge on any atom is -0.356 e. The van der Waals surface area contributed by atoms with Gasteiger partial charge in [0.1, 0.15) is 11.6 Å². The molecule has 4 aromatic rings. The Morgan fingerprint density at radius 3 is 2.48 bits per heavy atom. The highest BCUT2D eigenvalue weighted by Gasteiger charge is 2.45. The Bertz CT molecular complexity index is 2210. The summed E-state index contributed by atoms with van der Waals surface area (Å²) >= 11 is 3.68. The van der Waals surface area contributed by atoms with Crippen molar-refractivity contribution < 1.29 is 9.59 Å². The molecule has 4 bridgehead atoms. The molecule has 64 heavy (non-hydrogen) atoms. The van der Waals surface area contributed by atoms with Crippen LogP contribution in [-0.4, -0.2) is 86.3 Å². The Morgan fingerprint density at radius 2 is 1.75 bits per heavy atom. The van der Waals surface area contributed by atoms with Crippen molar-refractivity contribution in [2.45, 2.75) is 135 Å². The van der Waals surface area contributed by atoms with Gasteiger partial charge in [-0.3, -0.25) is 9.59 Å². The van der Waals surface area contributed by atoms with Crippen molar-refractivity contribution in [3.8, 4) is 22.4 Å². The van der Waals surface area contributed by atoms with Crippen LogP contribution in [0.15, 0.2) is 72.6 Å². The van der Waals surface area contributed by atoms with Gasteiger partial charge < -0.3 is 25.5 Å². The van der Waals surface area contributed by atoms with Crippen molar-refractivity contribution >= 4 is 41.4 Å². The molecule has 1 aliphatic heterocycles. The lowest BCUT2D eigenvalue weighted by atomic mass is 9.81. The second-order valence-corrected chi connectivity index (χ2v) is 20.7. The Morgan fingerprint density at radius 1 is 0.969 bits per heavy atom. The van der Waals surface area contributed by atoms with Gasteiger partial charge in [-0.05, 0) is 154 Å². The zero-order valence-corrected chi connectivity index (χ0v) is 41.1. The second kappa shape index (κ2) is 22.9. The molecule has 2 aromatic carbocycles. The average Bonchev–Trinajstić information content (AvgIpc) is 4.08. The summed E-state index contributed by atoms with van der Waals surface area (Å²) in [6, 6.07) is 16.3. The number of allylic oxidation sites excluding steroid dienone is 4. The summed E-state index contributed by atoms with van der Waals surface area (Å²) in [5.41, 5.74) is 11.1. The normalized spacial score (nSPS) is 21.7. The van der Waals surface area contributed by atoms with E-state index >= 15 is 0 Å². The molecular formula is C53H73N7O2S2. The molecule has 1 fully saturated rings. The molecule has 11 heteroatoms. The smallest absolute Gasteiger partial charge is 0.240 e. The molecule has 0 radical (unpaired) electrons. The Kier molecular flexibility index (Phi) is 17.1. The lowest BCUT2D eigenvalue weighted by Gasteiger charge is -2.33. The molecule has 9 nitrogen and oxygen atoms in total. The maximum absolute atomic E-state index is 14.1. The van der Waals surface area contributed by atoms with Crippen LogP contribution in [0, 0.1) is 17.8 Å². The summed E-state index contributed by atoms with van der Waals surface area (Å²) in [7, 11) is 1.92. The van der Waals surface area contributed by atoms with Crippen LogP contribution >= 0.6 is 23.5 Å². The number of nitrogens with zero attached hydrogens (tertiary/aromatic N) is 3.